The third kappa shape index (κ3) is 5.75. The lowest BCUT2D eigenvalue weighted by molar-refractivity contribution is -0.137. The Labute approximate surface area is 73.4 Å². The van der Waals surface area contributed by atoms with Crippen LogP contribution < -0.4 is 0 Å². The lowest BCUT2D eigenvalue weighted by atomic mass is 10.3. The van der Waals surface area contributed by atoms with Crippen molar-refractivity contribution < 1.29 is 9.90 Å². The molecule has 0 aliphatic rings. The van der Waals surface area contributed by atoms with E-state index in [9.17, 15) is 4.79 Å². The van der Waals surface area contributed by atoms with Gasteiger partial charge in [-0.05, 0) is 13.0 Å². The molecule has 0 amide bonds. The number of carboxylic acid groups (broad SMARTS) is 1. The first kappa shape index (κ1) is 11.0. The first-order valence-corrected chi connectivity index (χ1v) is 4.08. The van der Waals surface area contributed by atoms with Crippen LogP contribution in [0.15, 0.2) is 0 Å². The average Bonchev–Trinajstić information content (AvgIpc) is 2.01. The molecule has 0 spiro atoms. The van der Waals surface area contributed by atoms with E-state index in [1.807, 2.05) is 11.8 Å². The summed E-state index contributed by atoms with van der Waals surface area (Å²) in [6, 6.07) is 0. The molecule has 0 saturated heterocycles. The standard InChI is InChI=1S/C9H15NO2/c1-3-6-10(7-4-2)8-5-9(11)12/h1H,4-8H2,2H3,(H,11,12). The van der Waals surface area contributed by atoms with E-state index < -0.39 is 5.97 Å². The van der Waals surface area contributed by atoms with Crippen LogP contribution in [0.2, 0.25) is 0 Å². The predicted molar refractivity (Wildman–Crippen MR) is 47.8 cm³/mol. The zero-order valence-electron chi connectivity index (χ0n) is 7.42. The van der Waals surface area contributed by atoms with E-state index >= 15 is 0 Å². The minimum absolute atomic E-state index is 0.168. The lowest BCUT2D eigenvalue weighted by Crippen LogP contribution is -2.27. The molecule has 0 aliphatic carbocycles. The molecule has 0 radical (unpaired) electrons. The Balaban J connectivity index is 3.64. The van der Waals surface area contributed by atoms with Gasteiger partial charge >= 0.3 is 5.97 Å². The fraction of sp³-hybridized carbons (Fsp3) is 0.667. The maximum atomic E-state index is 10.2. The molecule has 0 bridgehead atoms. The van der Waals surface area contributed by atoms with E-state index in [-0.39, 0.29) is 6.42 Å². The topological polar surface area (TPSA) is 40.5 Å². The molecule has 1 N–H and O–H groups in total. The van der Waals surface area contributed by atoms with E-state index in [4.69, 9.17) is 11.5 Å². The highest BCUT2D eigenvalue weighted by Gasteiger charge is 2.04. The third-order valence-electron chi connectivity index (χ3n) is 1.50. The van der Waals surface area contributed by atoms with Crippen LogP contribution in [0.4, 0.5) is 0 Å². The summed E-state index contributed by atoms with van der Waals surface area (Å²) in [5.74, 6) is 1.74. The molecule has 3 heteroatoms. The van der Waals surface area contributed by atoms with Crippen LogP contribution in [0.5, 0.6) is 0 Å². The summed E-state index contributed by atoms with van der Waals surface area (Å²) in [4.78, 5) is 12.2. The second-order valence-electron chi connectivity index (χ2n) is 2.62. The number of terminal acetylenes is 1. The Hall–Kier alpha value is -1.01. The summed E-state index contributed by atoms with van der Waals surface area (Å²) in [6.45, 7) is 4.01. The summed E-state index contributed by atoms with van der Waals surface area (Å²) in [5.41, 5.74) is 0. The zero-order valence-corrected chi connectivity index (χ0v) is 7.42. The lowest BCUT2D eigenvalue weighted by Gasteiger charge is -2.16. The van der Waals surface area contributed by atoms with Gasteiger partial charge in [0.25, 0.3) is 0 Å². The van der Waals surface area contributed by atoms with Crippen molar-refractivity contribution in [3.8, 4) is 12.3 Å². The van der Waals surface area contributed by atoms with Gasteiger partial charge in [0.1, 0.15) is 0 Å². The summed E-state index contributed by atoms with van der Waals surface area (Å²) in [7, 11) is 0. The van der Waals surface area contributed by atoms with E-state index in [1.54, 1.807) is 0 Å². The average molecular weight is 169 g/mol. The van der Waals surface area contributed by atoms with Crippen molar-refractivity contribution in [1.29, 1.82) is 0 Å². The van der Waals surface area contributed by atoms with Crippen molar-refractivity contribution >= 4 is 5.97 Å². The van der Waals surface area contributed by atoms with Crippen LogP contribution >= 0.6 is 0 Å². The molecule has 0 aromatic carbocycles. The molecule has 0 saturated carbocycles. The second-order valence-corrected chi connectivity index (χ2v) is 2.62. The Morgan fingerprint density at radius 2 is 2.25 bits per heavy atom. The summed E-state index contributed by atoms with van der Waals surface area (Å²) < 4.78 is 0. The monoisotopic (exact) mass is 169 g/mol. The Bertz CT molecular complexity index is 172. The molecule has 0 fully saturated rings. The van der Waals surface area contributed by atoms with Crippen molar-refractivity contribution in [2.45, 2.75) is 19.8 Å². The van der Waals surface area contributed by atoms with Crippen molar-refractivity contribution in [1.82, 2.24) is 4.90 Å². The summed E-state index contributed by atoms with van der Waals surface area (Å²) in [5, 5.41) is 8.42. The smallest absolute Gasteiger partial charge is 0.304 e. The predicted octanol–water partition coefficient (Wildman–Crippen LogP) is 0.806. The number of aliphatic carboxylic acids is 1. The highest BCUT2D eigenvalue weighted by atomic mass is 16.4. The van der Waals surface area contributed by atoms with Gasteiger partial charge in [0.2, 0.25) is 0 Å². The van der Waals surface area contributed by atoms with E-state index in [1.165, 1.54) is 0 Å². The van der Waals surface area contributed by atoms with Gasteiger partial charge in [-0.25, -0.2) is 0 Å². The maximum absolute atomic E-state index is 10.2. The number of rotatable bonds is 6. The van der Waals surface area contributed by atoms with Crippen molar-refractivity contribution in [2.24, 2.45) is 0 Å². The Morgan fingerprint density at radius 3 is 2.67 bits per heavy atom. The minimum atomic E-state index is -0.770. The highest BCUT2D eigenvalue weighted by molar-refractivity contribution is 5.66. The molecule has 0 heterocycles. The quantitative estimate of drug-likeness (QED) is 0.598. The van der Waals surface area contributed by atoms with Gasteiger partial charge in [0.15, 0.2) is 0 Å². The second kappa shape index (κ2) is 6.68. The van der Waals surface area contributed by atoms with Gasteiger partial charge in [0, 0.05) is 6.54 Å². The number of carboxylic acids is 1. The number of hydrogen-bond acceptors (Lipinski definition) is 2. The molecule has 0 aliphatic heterocycles. The number of nitrogens with zero attached hydrogens (tertiary/aromatic N) is 1. The van der Waals surface area contributed by atoms with Gasteiger partial charge in [-0.3, -0.25) is 9.69 Å². The van der Waals surface area contributed by atoms with Gasteiger partial charge in [-0.2, -0.15) is 0 Å². The molecule has 3 nitrogen and oxygen atoms in total. The molecular formula is C9H15NO2. The molecule has 0 unspecified atom stereocenters. The molecule has 0 atom stereocenters. The van der Waals surface area contributed by atoms with Gasteiger partial charge in [-0.1, -0.05) is 12.8 Å². The minimum Gasteiger partial charge on any atom is -0.481 e. The van der Waals surface area contributed by atoms with Gasteiger partial charge in [0.05, 0.1) is 13.0 Å². The van der Waals surface area contributed by atoms with Crippen molar-refractivity contribution in [2.75, 3.05) is 19.6 Å². The van der Waals surface area contributed by atoms with Crippen LogP contribution in [-0.2, 0) is 4.79 Å². The van der Waals surface area contributed by atoms with Crippen LogP contribution in [0, 0.1) is 12.3 Å². The molecule has 12 heavy (non-hydrogen) atoms. The van der Waals surface area contributed by atoms with E-state index in [0.29, 0.717) is 13.1 Å². The largest absolute Gasteiger partial charge is 0.481 e. The Morgan fingerprint density at radius 1 is 1.58 bits per heavy atom. The number of hydrogen-bond donors (Lipinski definition) is 1. The van der Waals surface area contributed by atoms with E-state index in [2.05, 4.69) is 5.92 Å². The third-order valence-corrected chi connectivity index (χ3v) is 1.50. The molecule has 68 valence electrons. The van der Waals surface area contributed by atoms with Gasteiger partial charge in [-0.15, -0.1) is 6.42 Å². The maximum Gasteiger partial charge on any atom is 0.304 e. The fourth-order valence-corrected chi connectivity index (χ4v) is 0.969. The van der Waals surface area contributed by atoms with Gasteiger partial charge < -0.3 is 5.11 Å². The van der Waals surface area contributed by atoms with Crippen molar-refractivity contribution in [3.63, 3.8) is 0 Å². The first-order chi connectivity index (χ1) is 5.70. The van der Waals surface area contributed by atoms with Crippen LogP contribution in [-0.4, -0.2) is 35.6 Å². The Kier molecular flexibility index (Phi) is 6.12. The highest BCUT2D eigenvalue weighted by Crippen LogP contribution is 1.92. The first-order valence-electron chi connectivity index (χ1n) is 4.08. The number of carbonyl (C=O) groups is 1. The van der Waals surface area contributed by atoms with Crippen LogP contribution in [0.3, 0.4) is 0 Å². The van der Waals surface area contributed by atoms with Crippen LogP contribution in [0.25, 0.3) is 0 Å². The van der Waals surface area contributed by atoms with Crippen molar-refractivity contribution in [3.05, 3.63) is 0 Å². The molecular weight excluding hydrogens is 154 g/mol. The fourth-order valence-electron chi connectivity index (χ4n) is 0.969. The molecule has 0 aromatic heterocycles. The normalized spacial score (nSPS) is 9.75. The summed E-state index contributed by atoms with van der Waals surface area (Å²) in [6.07, 6.45) is 6.30. The molecule has 0 aromatic rings. The van der Waals surface area contributed by atoms with E-state index in [0.717, 1.165) is 13.0 Å². The SMILES string of the molecule is C#CCN(CCC)CCC(=O)O. The summed E-state index contributed by atoms with van der Waals surface area (Å²) >= 11 is 0. The molecule has 0 rings (SSSR count). The zero-order chi connectivity index (χ0) is 9.40. The van der Waals surface area contributed by atoms with Crippen LogP contribution in [0.1, 0.15) is 19.8 Å².